The molecule has 2 aromatic carbocycles. The molecule has 0 aliphatic rings. The fraction of sp³-hybridized carbons (Fsp3) is 0.240. The van der Waals surface area contributed by atoms with E-state index in [1.807, 2.05) is 101 Å². The van der Waals surface area contributed by atoms with Crippen LogP contribution in [0.1, 0.15) is 52.2 Å². The zero-order valence-corrected chi connectivity index (χ0v) is 19.3. The van der Waals surface area contributed by atoms with Crippen molar-refractivity contribution in [3.05, 3.63) is 101 Å². The highest BCUT2D eigenvalue weighted by atomic mass is 79.9. The Morgan fingerprint density at radius 2 is 1.54 bits per heavy atom. The maximum Gasteiger partial charge on any atom is 0.131 e. The van der Waals surface area contributed by atoms with E-state index in [0.717, 1.165) is 33.3 Å². The predicted molar refractivity (Wildman–Crippen MR) is 131 cm³/mol. The largest absolute Gasteiger partial charge is 0.383 e. The summed E-state index contributed by atoms with van der Waals surface area (Å²) in [6, 6.07) is 17.8. The van der Waals surface area contributed by atoms with Crippen molar-refractivity contribution in [1.82, 2.24) is 0 Å². The Kier molecular flexibility index (Phi) is 14.3. The number of benzene rings is 2. The molecular formula is C25H33BrN2. The molecule has 0 saturated carbocycles. The standard InChI is InChI=1S/C21H21BrN2.2C2H6/c1-3-16(4-2)10-15-20(17-11-13-19(22)14-12-17)24-21(23)18-8-6-5-7-9-18;2*1-2/h3-9,11-15H,1,10H2,2H3,(H2,23,24);2*1-2H3/b16-4+,20-15-;;. The Morgan fingerprint density at radius 1 is 0.964 bits per heavy atom. The minimum Gasteiger partial charge on any atom is -0.383 e. The minimum atomic E-state index is 0.505. The van der Waals surface area contributed by atoms with Crippen molar-refractivity contribution in [2.75, 3.05) is 0 Å². The van der Waals surface area contributed by atoms with Crippen LogP contribution in [0, 0.1) is 0 Å². The maximum absolute atomic E-state index is 6.20. The van der Waals surface area contributed by atoms with Gasteiger partial charge in [0, 0.05) is 10.0 Å². The molecule has 3 heteroatoms. The minimum absolute atomic E-state index is 0.505. The number of halogens is 1. The molecular weight excluding hydrogens is 408 g/mol. The maximum atomic E-state index is 6.20. The van der Waals surface area contributed by atoms with Crippen LogP contribution in [-0.2, 0) is 0 Å². The van der Waals surface area contributed by atoms with Crippen LogP contribution >= 0.6 is 15.9 Å². The van der Waals surface area contributed by atoms with E-state index in [-0.39, 0.29) is 0 Å². The van der Waals surface area contributed by atoms with Crippen LogP contribution in [0.4, 0.5) is 0 Å². The number of hydrogen-bond donors (Lipinski definition) is 1. The van der Waals surface area contributed by atoms with Crippen molar-refractivity contribution in [2.24, 2.45) is 10.7 Å². The van der Waals surface area contributed by atoms with Crippen molar-refractivity contribution in [2.45, 2.75) is 41.0 Å². The molecule has 0 aromatic heterocycles. The molecule has 0 fully saturated rings. The first-order valence-electron chi connectivity index (χ1n) is 9.77. The van der Waals surface area contributed by atoms with Crippen molar-refractivity contribution in [3.8, 4) is 0 Å². The summed E-state index contributed by atoms with van der Waals surface area (Å²) in [4.78, 5) is 4.67. The first kappa shape index (κ1) is 25.6. The Labute approximate surface area is 179 Å². The molecule has 0 radical (unpaired) electrons. The van der Waals surface area contributed by atoms with E-state index >= 15 is 0 Å². The fourth-order valence-corrected chi connectivity index (χ4v) is 2.45. The monoisotopic (exact) mass is 440 g/mol. The summed E-state index contributed by atoms with van der Waals surface area (Å²) in [7, 11) is 0. The van der Waals surface area contributed by atoms with Crippen molar-refractivity contribution in [1.29, 1.82) is 0 Å². The molecule has 0 heterocycles. The van der Waals surface area contributed by atoms with Gasteiger partial charge in [-0.1, -0.05) is 111 Å². The van der Waals surface area contributed by atoms with Crippen LogP contribution in [-0.4, -0.2) is 5.84 Å². The van der Waals surface area contributed by atoms with Crippen LogP contribution in [0.5, 0.6) is 0 Å². The number of hydrogen-bond acceptors (Lipinski definition) is 1. The smallest absolute Gasteiger partial charge is 0.131 e. The van der Waals surface area contributed by atoms with Crippen LogP contribution in [0.2, 0.25) is 0 Å². The molecule has 0 aliphatic carbocycles. The highest BCUT2D eigenvalue weighted by molar-refractivity contribution is 9.10. The second kappa shape index (κ2) is 15.6. The molecule has 0 spiro atoms. The van der Waals surface area contributed by atoms with Gasteiger partial charge in [0.25, 0.3) is 0 Å². The molecule has 0 atom stereocenters. The molecule has 2 N–H and O–H groups in total. The van der Waals surface area contributed by atoms with E-state index in [0.29, 0.717) is 5.84 Å². The summed E-state index contributed by atoms with van der Waals surface area (Å²) in [5.41, 5.74) is 10.1. The number of allylic oxidation sites excluding steroid dienone is 4. The molecule has 0 amide bonds. The normalized spacial score (nSPS) is 11.6. The van der Waals surface area contributed by atoms with Crippen molar-refractivity contribution >= 4 is 27.5 Å². The molecule has 0 aliphatic heterocycles. The van der Waals surface area contributed by atoms with Crippen LogP contribution in [0.25, 0.3) is 5.70 Å². The third-order valence-corrected chi connectivity index (χ3v) is 4.14. The first-order chi connectivity index (χ1) is 13.6. The van der Waals surface area contributed by atoms with E-state index in [4.69, 9.17) is 5.73 Å². The first-order valence-corrected chi connectivity index (χ1v) is 10.6. The average molecular weight is 441 g/mol. The second-order valence-electron chi connectivity index (χ2n) is 5.23. The molecule has 28 heavy (non-hydrogen) atoms. The van der Waals surface area contributed by atoms with E-state index in [1.165, 1.54) is 0 Å². The molecule has 150 valence electrons. The quantitative estimate of drug-likeness (QED) is 0.278. The molecule has 0 saturated heterocycles. The number of nitrogens with zero attached hydrogens (tertiary/aromatic N) is 1. The lowest BCUT2D eigenvalue weighted by molar-refractivity contribution is 1.26. The number of rotatable bonds is 6. The molecule has 0 bridgehead atoms. The van der Waals surface area contributed by atoms with Gasteiger partial charge >= 0.3 is 0 Å². The zero-order valence-electron chi connectivity index (χ0n) is 17.7. The topological polar surface area (TPSA) is 38.4 Å². The van der Waals surface area contributed by atoms with Crippen LogP contribution < -0.4 is 5.73 Å². The lowest BCUT2D eigenvalue weighted by Crippen LogP contribution is -2.13. The van der Waals surface area contributed by atoms with Gasteiger partial charge < -0.3 is 5.73 Å². The Bertz CT molecular complexity index is 770. The lowest BCUT2D eigenvalue weighted by Gasteiger charge is -2.07. The van der Waals surface area contributed by atoms with E-state index in [2.05, 4.69) is 33.6 Å². The molecule has 2 nitrogen and oxygen atoms in total. The highest BCUT2D eigenvalue weighted by Crippen LogP contribution is 2.21. The Morgan fingerprint density at radius 3 is 2.04 bits per heavy atom. The SMILES string of the molecule is C=C/C(=C\C)C/C=C(\N=C(N)c1ccccc1)c1ccc(Br)cc1.CC.CC. The molecule has 2 aromatic rings. The third kappa shape index (κ3) is 9.01. The van der Waals surface area contributed by atoms with Gasteiger partial charge in [-0.3, -0.25) is 0 Å². The van der Waals surface area contributed by atoms with Gasteiger partial charge in [0.2, 0.25) is 0 Å². The molecule has 2 rings (SSSR count). The van der Waals surface area contributed by atoms with Crippen molar-refractivity contribution < 1.29 is 0 Å². The number of aliphatic imine (C=N–C) groups is 1. The zero-order chi connectivity index (χ0) is 21.4. The summed E-state index contributed by atoms with van der Waals surface area (Å²) in [5, 5.41) is 0. The van der Waals surface area contributed by atoms with Gasteiger partial charge in [0.15, 0.2) is 0 Å². The van der Waals surface area contributed by atoms with E-state index < -0.39 is 0 Å². The summed E-state index contributed by atoms with van der Waals surface area (Å²) >= 11 is 3.46. The summed E-state index contributed by atoms with van der Waals surface area (Å²) in [6.45, 7) is 13.8. The van der Waals surface area contributed by atoms with Crippen LogP contribution in [0.3, 0.4) is 0 Å². The highest BCUT2D eigenvalue weighted by Gasteiger charge is 2.04. The number of nitrogens with two attached hydrogens (primary N) is 1. The van der Waals surface area contributed by atoms with Gasteiger partial charge in [-0.25, -0.2) is 4.99 Å². The molecule has 0 unspecified atom stereocenters. The van der Waals surface area contributed by atoms with Gasteiger partial charge in [-0.15, -0.1) is 0 Å². The Hall–Kier alpha value is -2.39. The second-order valence-corrected chi connectivity index (χ2v) is 6.15. The van der Waals surface area contributed by atoms with Crippen LogP contribution in [0.15, 0.2) is 94.4 Å². The van der Waals surface area contributed by atoms with Gasteiger partial charge in [0.05, 0.1) is 5.70 Å². The predicted octanol–water partition coefficient (Wildman–Crippen LogP) is 7.77. The number of amidine groups is 1. The van der Waals surface area contributed by atoms with E-state index in [1.54, 1.807) is 0 Å². The van der Waals surface area contributed by atoms with E-state index in [9.17, 15) is 0 Å². The lowest BCUT2D eigenvalue weighted by atomic mass is 10.1. The summed E-state index contributed by atoms with van der Waals surface area (Å²) in [6.07, 6.45) is 6.75. The van der Waals surface area contributed by atoms with Gasteiger partial charge in [0.1, 0.15) is 5.84 Å². The Balaban J connectivity index is 0.00000171. The third-order valence-electron chi connectivity index (χ3n) is 3.61. The van der Waals surface area contributed by atoms with Gasteiger partial charge in [-0.2, -0.15) is 0 Å². The summed E-state index contributed by atoms with van der Waals surface area (Å²) < 4.78 is 1.03. The van der Waals surface area contributed by atoms with Crippen molar-refractivity contribution in [3.63, 3.8) is 0 Å². The average Bonchev–Trinajstić information content (AvgIpc) is 2.77. The fourth-order valence-electron chi connectivity index (χ4n) is 2.19. The summed E-state index contributed by atoms with van der Waals surface area (Å²) in [5.74, 6) is 0.505. The van der Waals surface area contributed by atoms with Gasteiger partial charge in [-0.05, 0) is 36.6 Å².